The molecule has 0 fully saturated rings. The minimum absolute atomic E-state index is 0.291. The molecular weight excluding hydrogens is 352 g/mol. The van der Waals surface area contributed by atoms with Gasteiger partial charge in [-0.1, -0.05) is 53.7 Å². The van der Waals surface area contributed by atoms with Gasteiger partial charge in [0, 0.05) is 6.08 Å². The van der Waals surface area contributed by atoms with Gasteiger partial charge in [0.2, 0.25) is 5.91 Å². The van der Waals surface area contributed by atoms with Crippen molar-refractivity contribution in [2.75, 3.05) is 5.32 Å². The summed E-state index contributed by atoms with van der Waals surface area (Å²) in [6, 6.07) is 17.5. The number of rotatable bonds is 5. The van der Waals surface area contributed by atoms with Crippen LogP contribution in [0, 0.1) is 6.92 Å². The molecule has 1 amide bonds. The smallest absolute Gasteiger partial charge is 0.248 e. The van der Waals surface area contributed by atoms with Crippen LogP contribution in [-0.2, 0) is 4.79 Å². The number of H-pyrrole nitrogens is 1. The SMILES string of the molecule is Cc1noc(/C=C/c2ccccc2)c1NC(=O)/C=C/c1nc2ccccc2[nH]1. The number of para-hydroxylation sites is 2. The van der Waals surface area contributed by atoms with Crippen molar-refractivity contribution in [3.05, 3.63) is 83.5 Å². The first-order valence-electron chi connectivity index (χ1n) is 8.82. The summed E-state index contributed by atoms with van der Waals surface area (Å²) < 4.78 is 5.33. The number of benzene rings is 2. The Labute approximate surface area is 161 Å². The lowest BCUT2D eigenvalue weighted by molar-refractivity contribution is -0.111. The molecule has 28 heavy (non-hydrogen) atoms. The van der Waals surface area contributed by atoms with Gasteiger partial charge in [0.1, 0.15) is 17.2 Å². The van der Waals surface area contributed by atoms with Crippen molar-refractivity contribution < 1.29 is 9.32 Å². The minimum Gasteiger partial charge on any atom is -0.354 e. The number of nitrogens with zero attached hydrogens (tertiary/aromatic N) is 2. The maximum Gasteiger partial charge on any atom is 0.248 e. The number of aromatic nitrogens is 3. The molecule has 138 valence electrons. The number of fused-ring (bicyclic) bond motifs is 1. The molecule has 0 saturated carbocycles. The van der Waals surface area contributed by atoms with E-state index >= 15 is 0 Å². The molecule has 0 aliphatic carbocycles. The lowest BCUT2D eigenvalue weighted by Gasteiger charge is -2.00. The normalized spacial score (nSPS) is 11.6. The Balaban J connectivity index is 1.48. The summed E-state index contributed by atoms with van der Waals surface area (Å²) in [5.41, 5.74) is 3.96. The molecular formula is C22H18N4O2. The zero-order chi connectivity index (χ0) is 19.3. The zero-order valence-corrected chi connectivity index (χ0v) is 15.2. The molecule has 0 saturated heterocycles. The largest absolute Gasteiger partial charge is 0.354 e. The van der Waals surface area contributed by atoms with E-state index in [0.29, 0.717) is 23.0 Å². The van der Waals surface area contributed by atoms with Crippen molar-refractivity contribution in [1.82, 2.24) is 15.1 Å². The zero-order valence-electron chi connectivity index (χ0n) is 15.2. The van der Waals surface area contributed by atoms with Crippen molar-refractivity contribution in [2.24, 2.45) is 0 Å². The maximum atomic E-state index is 12.3. The van der Waals surface area contributed by atoms with Crippen LogP contribution in [0.1, 0.15) is 22.8 Å². The van der Waals surface area contributed by atoms with Gasteiger partial charge in [0.25, 0.3) is 0 Å². The number of amides is 1. The molecule has 6 nitrogen and oxygen atoms in total. The van der Waals surface area contributed by atoms with Crippen LogP contribution in [0.25, 0.3) is 29.3 Å². The Morgan fingerprint density at radius 1 is 1.04 bits per heavy atom. The lowest BCUT2D eigenvalue weighted by atomic mass is 10.2. The molecule has 0 bridgehead atoms. The molecule has 6 heteroatoms. The van der Waals surface area contributed by atoms with Crippen LogP contribution in [-0.4, -0.2) is 21.0 Å². The highest BCUT2D eigenvalue weighted by Crippen LogP contribution is 2.22. The first-order valence-corrected chi connectivity index (χ1v) is 8.82. The third-order valence-corrected chi connectivity index (χ3v) is 4.16. The van der Waals surface area contributed by atoms with Crippen LogP contribution >= 0.6 is 0 Å². The Hall–Kier alpha value is -3.93. The number of carbonyl (C=O) groups is 1. The molecule has 2 heterocycles. The second kappa shape index (κ2) is 7.75. The molecule has 2 N–H and O–H groups in total. The molecule has 4 rings (SSSR count). The third-order valence-electron chi connectivity index (χ3n) is 4.16. The summed E-state index contributed by atoms with van der Waals surface area (Å²) in [4.78, 5) is 19.9. The summed E-state index contributed by atoms with van der Waals surface area (Å²) in [6.45, 7) is 1.78. The van der Waals surface area contributed by atoms with Crippen molar-refractivity contribution in [3.8, 4) is 0 Å². The van der Waals surface area contributed by atoms with Crippen LogP contribution < -0.4 is 5.32 Å². The van der Waals surface area contributed by atoms with Gasteiger partial charge in [0.15, 0.2) is 5.76 Å². The first-order chi connectivity index (χ1) is 13.7. The van der Waals surface area contributed by atoms with Gasteiger partial charge in [-0.15, -0.1) is 0 Å². The second-order valence-corrected chi connectivity index (χ2v) is 6.21. The van der Waals surface area contributed by atoms with E-state index in [1.165, 1.54) is 6.08 Å². The van der Waals surface area contributed by atoms with E-state index in [0.717, 1.165) is 16.6 Å². The van der Waals surface area contributed by atoms with Crippen LogP contribution in [0.4, 0.5) is 5.69 Å². The monoisotopic (exact) mass is 370 g/mol. The topological polar surface area (TPSA) is 83.8 Å². The number of carbonyl (C=O) groups excluding carboxylic acids is 1. The summed E-state index contributed by atoms with van der Waals surface area (Å²) in [6.07, 6.45) is 6.75. The van der Waals surface area contributed by atoms with Crippen molar-refractivity contribution in [3.63, 3.8) is 0 Å². The Morgan fingerprint density at radius 3 is 2.64 bits per heavy atom. The minimum atomic E-state index is -0.291. The van der Waals surface area contributed by atoms with Gasteiger partial charge in [-0.2, -0.15) is 0 Å². The Kier molecular flexibility index (Phi) is 4.84. The number of nitrogens with one attached hydrogen (secondary N) is 2. The number of hydrogen-bond donors (Lipinski definition) is 2. The Bertz CT molecular complexity index is 1140. The van der Waals surface area contributed by atoms with E-state index in [-0.39, 0.29) is 5.91 Å². The number of hydrogen-bond acceptors (Lipinski definition) is 4. The molecule has 0 spiro atoms. The lowest BCUT2D eigenvalue weighted by Crippen LogP contribution is -2.09. The van der Waals surface area contributed by atoms with Crippen molar-refractivity contribution in [1.29, 1.82) is 0 Å². The molecule has 0 unspecified atom stereocenters. The number of aryl methyl sites for hydroxylation is 1. The van der Waals surface area contributed by atoms with Gasteiger partial charge in [-0.25, -0.2) is 4.98 Å². The van der Waals surface area contributed by atoms with Gasteiger partial charge in [-0.3, -0.25) is 4.79 Å². The molecule has 0 radical (unpaired) electrons. The Morgan fingerprint density at radius 2 is 1.82 bits per heavy atom. The van der Waals surface area contributed by atoms with E-state index in [2.05, 4.69) is 20.4 Å². The van der Waals surface area contributed by atoms with Crippen LogP contribution in [0.5, 0.6) is 0 Å². The van der Waals surface area contributed by atoms with E-state index in [4.69, 9.17) is 4.52 Å². The van der Waals surface area contributed by atoms with Gasteiger partial charge < -0.3 is 14.8 Å². The molecule has 0 aliphatic rings. The molecule has 4 aromatic rings. The molecule has 2 aromatic heterocycles. The van der Waals surface area contributed by atoms with Crippen molar-refractivity contribution >= 4 is 40.9 Å². The summed E-state index contributed by atoms with van der Waals surface area (Å²) in [7, 11) is 0. The van der Waals surface area contributed by atoms with E-state index < -0.39 is 0 Å². The standard InChI is InChI=1S/C22H18N4O2/c1-15-22(19(28-26-15)12-11-16-7-3-2-4-8-16)25-21(27)14-13-20-23-17-9-5-6-10-18(17)24-20/h2-14H,1H3,(H,23,24)(H,25,27)/b12-11+,14-13+. The third kappa shape index (κ3) is 3.91. The maximum absolute atomic E-state index is 12.3. The number of anilines is 1. The fraction of sp³-hybridized carbons (Fsp3) is 0.0455. The highest BCUT2D eigenvalue weighted by molar-refractivity contribution is 6.03. The molecule has 0 aliphatic heterocycles. The average molecular weight is 370 g/mol. The summed E-state index contributed by atoms with van der Waals surface area (Å²) in [5.74, 6) is 0.815. The van der Waals surface area contributed by atoms with E-state index in [9.17, 15) is 4.79 Å². The summed E-state index contributed by atoms with van der Waals surface area (Å²) in [5, 5.41) is 6.77. The van der Waals surface area contributed by atoms with Crippen LogP contribution in [0.3, 0.4) is 0 Å². The van der Waals surface area contributed by atoms with Crippen LogP contribution in [0.2, 0.25) is 0 Å². The van der Waals surface area contributed by atoms with E-state index in [1.54, 1.807) is 19.1 Å². The van der Waals surface area contributed by atoms with Crippen LogP contribution in [0.15, 0.2) is 65.2 Å². The molecule has 2 aromatic carbocycles. The summed E-state index contributed by atoms with van der Waals surface area (Å²) >= 11 is 0. The van der Waals surface area contributed by atoms with Gasteiger partial charge in [-0.05, 0) is 36.8 Å². The highest BCUT2D eigenvalue weighted by Gasteiger charge is 2.12. The second-order valence-electron chi connectivity index (χ2n) is 6.21. The predicted octanol–water partition coefficient (Wildman–Crippen LogP) is 4.68. The van der Waals surface area contributed by atoms with Crippen molar-refractivity contribution in [2.45, 2.75) is 6.92 Å². The van der Waals surface area contributed by atoms with Gasteiger partial charge >= 0.3 is 0 Å². The quantitative estimate of drug-likeness (QED) is 0.500. The average Bonchev–Trinajstić information content (AvgIpc) is 3.29. The highest BCUT2D eigenvalue weighted by atomic mass is 16.5. The number of aromatic amines is 1. The first kappa shape index (κ1) is 17.5. The number of imidazole rings is 1. The van der Waals surface area contributed by atoms with Gasteiger partial charge in [0.05, 0.1) is 11.0 Å². The fourth-order valence-corrected chi connectivity index (χ4v) is 2.76. The fourth-order valence-electron chi connectivity index (χ4n) is 2.76. The van der Waals surface area contributed by atoms with E-state index in [1.807, 2.05) is 60.7 Å². The molecule has 0 atom stereocenters. The predicted molar refractivity (Wildman–Crippen MR) is 110 cm³/mol.